The standard InChI is InChI=1S/C20H33NO3/c1-12-5-7-16-14(9-12)15-10-13(6-8-17(15)21-16)19(23)24-11-18(22)20(2,3)4/h12-17,21H,5-11H2,1-4H3. The molecule has 1 heterocycles. The van der Waals surface area contributed by atoms with Crippen molar-refractivity contribution in [3.8, 4) is 0 Å². The van der Waals surface area contributed by atoms with Crippen LogP contribution in [0.4, 0.5) is 0 Å². The highest BCUT2D eigenvalue weighted by molar-refractivity contribution is 5.86. The summed E-state index contributed by atoms with van der Waals surface area (Å²) in [5.41, 5.74) is -0.446. The first-order valence-electron chi connectivity index (χ1n) is 9.71. The minimum atomic E-state index is -0.446. The van der Waals surface area contributed by atoms with Crippen LogP contribution in [0.3, 0.4) is 0 Å². The number of esters is 1. The average Bonchev–Trinajstić information content (AvgIpc) is 2.88. The van der Waals surface area contributed by atoms with Crippen LogP contribution >= 0.6 is 0 Å². The Kier molecular flexibility index (Phi) is 5.06. The molecule has 136 valence electrons. The molecular weight excluding hydrogens is 302 g/mol. The molecule has 1 aliphatic heterocycles. The van der Waals surface area contributed by atoms with Gasteiger partial charge in [0.2, 0.25) is 0 Å². The molecule has 2 aliphatic carbocycles. The Bertz CT molecular complexity index is 496. The van der Waals surface area contributed by atoms with Crippen molar-refractivity contribution in [1.82, 2.24) is 5.32 Å². The van der Waals surface area contributed by atoms with Crippen molar-refractivity contribution in [2.75, 3.05) is 6.61 Å². The van der Waals surface area contributed by atoms with Crippen molar-refractivity contribution in [3.63, 3.8) is 0 Å². The fourth-order valence-electron chi connectivity index (χ4n) is 4.95. The number of hydrogen-bond acceptors (Lipinski definition) is 4. The number of hydrogen-bond donors (Lipinski definition) is 1. The molecule has 6 unspecified atom stereocenters. The van der Waals surface area contributed by atoms with Gasteiger partial charge in [-0.25, -0.2) is 0 Å². The molecule has 6 atom stereocenters. The van der Waals surface area contributed by atoms with E-state index in [1.165, 1.54) is 19.3 Å². The molecule has 0 bridgehead atoms. The molecule has 0 amide bonds. The zero-order valence-corrected chi connectivity index (χ0v) is 15.6. The van der Waals surface area contributed by atoms with Crippen LogP contribution in [0, 0.1) is 29.1 Å². The van der Waals surface area contributed by atoms with Gasteiger partial charge in [0.15, 0.2) is 12.4 Å². The van der Waals surface area contributed by atoms with Crippen LogP contribution in [0.1, 0.15) is 66.2 Å². The molecule has 0 aromatic rings. The molecule has 3 aliphatic rings. The van der Waals surface area contributed by atoms with Crippen LogP contribution in [-0.4, -0.2) is 30.4 Å². The zero-order chi connectivity index (χ0) is 17.5. The topological polar surface area (TPSA) is 55.4 Å². The quantitative estimate of drug-likeness (QED) is 0.804. The summed E-state index contributed by atoms with van der Waals surface area (Å²) in [5.74, 6) is 1.97. The van der Waals surface area contributed by atoms with Crippen LogP contribution < -0.4 is 5.32 Å². The molecule has 24 heavy (non-hydrogen) atoms. The Balaban J connectivity index is 1.55. The van der Waals surface area contributed by atoms with Gasteiger partial charge in [0.1, 0.15) is 0 Å². The van der Waals surface area contributed by atoms with Crippen LogP contribution in [0.2, 0.25) is 0 Å². The highest BCUT2D eigenvalue weighted by Gasteiger charge is 2.48. The van der Waals surface area contributed by atoms with Gasteiger partial charge in [-0.1, -0.05) is 27.7 Å². The van der Waals surface area contributed by atoms with E-state index in [-0.39, 0.29) is 24.3 Å². The summed E-state index contributed by atoms with van der Waals surface area (Å²) in [6, 6.07) is 1.25. The van der Waals surface area contributed by atoms with Crippen LogP contribution in [0.25, 0.3) is 0 Å². The maximum atomic E-state index is 12.4. The lowest BCUT2D eigenvalue weighted by molar-refractivity contribution is -0.155. The summed E-state index contributed by atoms with van der Waals surface area (Å²) < 4.78 is 5.37. The second-order valence-corrected chi connectivity index (χ2v) is 9.42. The first-order valence-corrected chi connectivity index (χ1v) is 9.71. The Morgan fingerprint density at radius 3 is 2.29 bits per heavy atom. The minimum absolute atomic E-state index is 0.00626. The summed E-state index contributed by atoms with van der Waals surface area (Å²) in [6.07, 6.45) is 6.81. The number of ketones is 1. The van der Waals surface area contributed by atoms with Crippen molar-refractivity contribution in [3.05, 3.63) is 0 Å². The lowest BCUT2D eigenvalue weighted by Crippen LogP contribution is -2.38. The number of nitrogens with one attached hydrogen (secondary N) is 1. The summed E-state index contributed by atoms with van der Waals surface area (Å²) in [6.45, 7) is 7.87. The van der Waals surface area contributed by atoms with Crippen LogP contribution in [-0.2, 0) is 14.3 Å². The van der Waals surface area contributed by atoms with E-state index < -0.39 is 5.41 Å². The van der Waals surface area contributed by atoms with E-state index in [0.717, 1.165) is 31.1 Å². The van der Waals surface area contributed by atoms with E-state index in [1.807, 2.05) is 20.8 Å². The minimum Gasteiger partial charge on any atom is -0.457 e. The van der Waals surface area contributed by atoms with Gasteiger partial charge < -0.3 is 10.1 Å². The molecule has 3 fully saturated rings. The van der Waals surface area contributed by atoms with Crippen LogP contribution in [0.15, 0.2) is 0 Å². The summed E-state index contributed by atoms with van der Waals surface area (Å²) in [4.78, 5) is 24.4. The number of carbonyl (C=O) groups is 2. The molecule has 0 aromatic heterocycles. The second-order valence-electron chi connectivity index (χ2n) is 9.42. The van der Waals surface area contributed by atoms with Gasteiger partial charge in [-0.2, -0.15) is 0 Å². The van der Waals surface area contributed by atoms with Gasteiger partial charge in [0, 0.05) is 17.5 Å². The van der Waals surface area contributed by atoms with E-state index in [4.69, 9.17) is 4.74 Å². The SMILES string of the molecule is CC1CCC2NC3CCC(C(=O)OCC(=O)C(C)(C)C)CC3C2C1. The molecule has 1 saturated heterocycles. The molecular formula is C20H33NO3. The van der Waals surface area contributed by atoms with Crippen molar-refractivity contribution >= 4 is 11.8 Å². The van der Waals surface area contributed by atoms with Gasteiger partial charge >= 0.3 is 5.97 Å². The van der Waals surface area contributed by atoms with Gasteiger partial charge in [0.25, 0.3) is 0 Å². The molecule has 0 radical (unpaired) electrons. The molecule has 4 nitrogen and oxygen atoms in total. The Labute approximate surface area is 146 Å². The fraction of sp³-hybridized carbons (Fsp3) is 0.900. The van der Waals surface area contributed by atoms with Crippen molar-refractivity contribution in [1.29, 1.82) is 0 Å². The third-order valence-corrected chi connectivity index (χ3v) is 6.55. The Morgan fingerprint density at radius 2 is 1.62 bits per heavy atom. The zero-order valence-electron chi connectivity index (χ0n) is 15.6. The number of fused-ring (bicyclic) bond motifs is 3. The van der Waals surface area contributed by atoms with Crippen molar-refractivity contribution in [2.24, 2.45) is 29.1 Å². The number of ether oxygens (including phenoxy) is 1. The molecule has 2 saturated carbocycles. The largest absolute Gasteiger partial charge is 0.457 e. The van der Waals surface area contributed by atoms with Crippen LogP contribution in [0.5, 0.6) is 0 Å². The first-order chi connectivity index (χ1) is 11.3. The van der Waals surface area contributed by atoms with E-state index in [9.17, 15) is 9.59 Å². The normalized spacial score (nSPS) is 39.0. The summed E-state index contributed by atoms with van der Waals surface area (Å²) in [7, 11) is 0. The smallest absolute Gasteiger partial charge is 0.309 e. The highest BCUT2D eigenvalue weighted by Crippen LogP contribution is 2.46. The Hall–Kier alpha value is -0.900. The lowest BCUT2D eigenvalue weighted by atomic mass is 9.68. The third kappa shape index (κ3) is 3.68. The van der Waals surface area contributed by atoms with E-state index in [1.54, 1.807) is 0 Å². The molecule has 1 N–H and O–H groups in total. The number of rotatable bonds is 3. The maximum absolute atomic E-state index is 12.4. The summed E-state index contributed by atoms with van der Waals surface area (Å²) in [5, 5.41) is 3.84. The number of Topliss-reactive ketones (excluding diaryl/α,β-unsaturated/α-hetero) is 1. The molecule has 3 rings (SSSR count). The van der Waals surface area contributed by atoms with Gasteiger partial charge in [0.05, 0.1) is 5.92 Å². The van der Waals surface area contributed by atoms with Gasteiger partial charge in [-0.3, -0.25) is 9.59 Å². The summed E-state index contributed by atoms with van der Waals surface area (Å²) >= 11 is 0. The Morgan fingerprint density at radius 1 is 1.00 bits per heavy atom. The monoisotopic (exact) mass is 335 g/mol. The predicted octanol–water partition coefficient (Wildman–Crippen LogP) is 3.34. The van der Waals surface area contributed by atoms with Crippen molar-refractivity contribution < 1.29 is 14.3 Å². The lowest BCUT2D eigenvalue weighted by Gasteiger charge is -2.36. The molecule has 0 aromatic carbocycles. The predicted molar refractivity (Wildman–Crippen MR) is 93.5 cm³/mol. The van der Waals surface area contributed by atoms with E-state index in [0.29, 0.717) is 18.0 Å². The maximum Gasteiger partial charge on any atom is 0.309 e. The third-order valence-electron chi connectivity index (χ3n) is 6.55. The number of carbonyl (C=O) groups excluding carboxylic acids is 2. The highest BCUT2D eigenvalue weighted by atomic mass is 16.5. The van der Waals surface area contributed by atoms with Crippen molar-refractivity contribution in [2.45, 2.75) is 78.3 Å². The van der Waals surface area contributed by atoms with Gasteiger partial charge in [-0.05, 0) is 56.3 Å². The molecule has 4 heteroatoms. The first kappa shape index (κ1) is 17.9. The van der Waals surface area contributed by atoms with E-state index in [2.05, 4.69) is 12.2 Å². The van der Waals surface area contributed by atoms with E-state index >= 15 is 0 Å². The van der Waals surface area contributed by atoms with Gasteiger partial charge in [-0.15, -0.1) is 0 Å². The average molecular weight is 335 g/mol. The fourth-order valence-corrected chi connectivity index (χ4v) is 4.95. The second kappa shape index (κ2) is 6.78. The molecule has 0 spiro atoms.